The minimum atomic E-state index is 0.146. The van der Waals surface area contributed by atoms with Gasteiger partial charge >= 0.3 is 0 Å². The van der Waals surface area contributed by atoms with Gasteiger partial charge in [0.05, 0.1) is 12.7 Å². The van der Waals surface area contributed by atoms with Gasteiger partial charge in [-0.05, 0) is 12.8 Å². The second kappa shape index (κ2) is 5.28. The minimum absolute atomic E-state index is 0.146. The standard InChI is InChI=1S/C13H22N4O/c14-9-12-10-16(7-8-18-12)13-15-5-6-17(13)11-3-1-2-4-11/h5-6,11-12H,1-4,7-10,14H2. The third kappa shape index (κ3) is 2.24. The zero-order valence-corrected chi connectivity index (χ0v) is 10.8. The van der Waals surface area contributed by atoms with Crippen LogP contribution in [0.25, 0.3) is 0 Å². The van der Waals surface area contributed by atoms with Crippen molar-refractivity contribution in [2.45, 2.75) is 37.8 Å². The van der Waals surface area contributed by atoms with Gasteiger partial charge in [-0.25, -0.2) is 4.98 Å². The van der Waals surface area contributed by atoms with Crippen LogP contribution in [0.1, 0.15) is 31.7 Å². The first-order valence-corrected chi connectivity index (χ1v) is 6.98. The van der Waals surface area contributed by atoms with E-state index in [0.717, 1.165) is 25.6 Å². The first kappa shape index (κ1) is 12.0. The van der Waals surface area contributed by atoms with Crippen molar-refractivity contribution in [3.63, 3.8) is 0 Å². The second-order valence-electron chi connectivity index (χ2n) is 5.25. The Morgan fingerprint density at radius 1 is 1.39 bits per heavy atom. The predicted molar refractivity (Wildman–Crippen MR) is 70.7 cm³/mol. The Kier molecular flexibility index (Phi) is 3.52. The highest BCUT2D eigenvalue weighted by atomic mass is 16.5. The lowest BCUT2D eigenvalue weighted by Gasteiger charge is -2.34. The molecule has 1 aromatic rings. The summed E-state index contributed by atoms with van der Waals surface area (Å²) < 4.78 is 7.97. The van der Waals surface area contributed by atoms with Crippen molar-refractivity contribution in [1.29, 1.82) is 0 Å². The molecule has 1 aliphatic carbocycles. The fourth-order valence-electron chi connectivity index (χ4n) is 3.06. The summed E-state index contributed by atoms with van der Waals surface area (Å²) in [6.45, 7) is 3.11. The topological polar surface area (TPSA) is 56.3 Å². The van der Waals surface area contributed by atoms with Crippen LogP contribution in [0.4, 0.5) is 5.95 Å². The van der Waals surface area contributed by atoms with Gasteiger partial charge in [0, 0.05) is 38.1 Å². The van der Waals surface area contributed by atoms with Gasteiger partial charge in [0.2, 0.25) is 5.95 Å². The normalized spacial score (nSPS) is 25.8. The Labute approximate surface area is 108 Å². The molecule has 2 aliphatic rings. The molecule has 5 nitrogen and oxygen atoms in total. The number of hydrogen-bond acceptors (Lipinski definition) is 4. The largest absolute Gasteiger partial charge is 0.373 e. The van der Waals surface area contributed by atoms with E-state index in [0.29, 0.717) is 12.6 Å². The minimum Gasteiger partial charge on any atom is -0.373 e. The second-order valence-corrected chi connectivity index (χ2v) is 5.25. The Hall–Kier alpha value is -1.07. The summed E-state index contributed by atoms with van der Waals surface area (Å²) in [6.07, 6.45) is 9.45. The number of rotatable bonds is 3. The van der Waals surface area contributed by atoms with E-state index < -0.39 is 0 Å². The first-order chi connectivity index (χ1) is 8.88. The van der Waals surface area contributed by atoms with Gasteiger partial charge in [0.1, 0.15) is 0 Å². The summed E-state index contributed by atoms with van der Waals surface area (Å²) >= 11 is 0. The fourth-order valence-corrected chi connectivity index (χ4v) is 3.06. The molecule has 1 aliphatic heterocycles. The molecule has 0 spiro atoms. The number of imidazole rings is 1. The molecule has 0 radical (unpaired) electrons. The Morgan fingerprint density at radius 2 is 2.22 bits per heavy atom. The maximum atomic E-state index is 5.70. The van der Waals surface area contributed by atoms with E-state index >= 15 is 0 Å². The van der Waals surface area contributed by atoms with E-state index in [-0.39, 0.29) is 6.10 Å². The lowest BCUT2D eigenvalue weighted by molar-refractivity contribution is 0.0457. The molecule has 1 atom stereocenters. The van der Waals surface area contributed by atoms with Crippen molar-refractivity contribution in [3.8, 4) is 0 Å². The Balaban J connectivity index is 1.77. The van der Waals surface area contributed by atoms with Crippen LogP contribution in [-0.2, 0) is 4.74 Å². The number of morpholine rings is 1. The smallest absolute Gasteiger partial charge is 0.205 e. The van der Waals surface area contributed by atoms with Gasteiger partial charge in [-0.2, -0.15) is 0 Å². The number of ether oxygens (including phenoxy) is 1. The first-order valence-electron chi connectivity index (χ1n) is 6.98. The highest BCUT2D eigenvalue weighted by Gasteiger charge is 2.25. The van der Waals surface area contributed by atoms with E-state index in [1.165, 1.54) is 25.7 Å². The van der Waals surface area contributed by atoms with Crippen LogP contribution in [0, 0.1) is 0 Å². The van der Waals surface area contributed by atoms with Gasteiger partial charge in [0.15, 0.2) is 0 Å². The molecule has 100 valence electrons. The monoisotopic (exact) mass is 250 g/mol. The number of nitrogens with two attached hydrogens (primary N) is 1. The maximum absolute atomic E-state index is 5.70. The molecule has 0 amide bonds. The molecular weight excluding hydrogens is 228 g/mol. The molecule has 0 bridgehead atoms. The lowest BCUT2D eigenvalue weighted by Crippen LogP contribution is -2.46. The maximum Gasteiger partial charge on any atom is 0.205 e. The van der Waals surface area contributed by atoms with Crippen LogP contribution < -0.4 is 10.6 Å². The van der Waals surface area contributed by atoms with Gasteiger partial charge in [0.25, 0.3) is 0 Å². The SMILES string of the molecule is NCC1CN(c2nccn2C2CCCC2)CCO1. The summed E-state index contributed by atoms with van der Waals surface area (Å²) in [5.41, 5.74) is 5.70. The van der Waals surface area contributed by atoms with E-state index in [1.807, 2.05) is 6.20 Å². The Morgan fingerprint density at radius 3 is 3.00 bits per heavy atom. The van der Waals surface area contributed by atoms with E-state index in [1.54, 1.807) is 0 Å². The Bertz CT molecular complexity index is 386. The molecule has 2 fully saturated rings. The molecule has 2 N–H and O–H groups in total. The van der Waals surface area contributed by atoms with Gasteiger partial charge in [-0.3, -0.25) is 0 Å². The molecule has 1 unspecified atom stereocenters. The average molecular weight is 250 g/mol. The van der Waals surface area contributed by atoms with Gasteiger partial charge < -0.3 is 19.9 Å². The third-order valence-electron chi connectivity index (χ3n) is 4.05. The molecular formula is C13H22N4O. The summed E-state index contributed by atoms with van der Waals surface area (Å²) in [5.74, 6) is 1.10. The van der Waals surface area contributed by atoms with E-state index in [4.69, 9.17) is 10.5 Å². The summed E-state index contributed by atoms with van der Waals surface area (Å²) in [4.78, 5) is 6.86. The van der Waals surface area contributed by atoms with Crippen molar-refractivity contribution >= 4 is 5.95 Å². The molecule has 1 saturated carbocycles. The summed E-state index contributed by atoms with van der Waals surface area (Å²) in [5, 5.41) is 0. The molecule has 5 heteroatoms. The predicted octanol–water partition coefficient (Wildman–Crippen LogP) is 1.16. The van der Waals surface area contributed by atoms with Crippen molar-refractivity contribution in [2.24, 2.45) is 5.73 Å². The number of nitrogens with zero attached hydrogens (tertiary/aromatic N) is 3. The van der Waals surface area contributed by atoms with Crippen LogP contribution in [0.2, 0.25) is 0 Å². The van der Waals surface area contributed by atoms with Crippen molar-refractivity contribution in [3.05, 3.63) is 12.4 Å². The number of aromatic nitrogens is 2. The quantitative estimate of drug-likeness (QED) is 0.874. The fraction of sp³-hybridized carbons (Fsp3) is 0.769. The average Bonchev–Trinajstić information content (AvgIpc) is 3.09. The highest BCUT2D eigenvalue weighted by Crippen LogP contribution is 2.32. The zero-order chi connectivity index (χ0) is 12.4. The molecule has 3 rings (SSSR count). The molecule has 1 aromatic heterocycles. The number of anilines is 1. The van der Waals surface area contributed by atoms with Crippen LogP contribution >= 0.6 is 0 Å². The molecule has 1 saturated heterocycles. The van der Waals surface area contributed by atoms with Crippen LogP contribution in [-0.4, -0.2) is 41.9 Å². The van der Waals surface area contributed by atoms with Crippen molar-refractivity contribution in [2.75, 3.05) is 31.1 Å². The molecule has 18 heavy (non-hydrogen) atoms. The van der Waals surface area contributed by atoms with Crippen LogP contribution in [0.5, 0.6) is 0 Å². The molecule has 0 aromatic carbocycles. The van der Waals surface area contributed by atoms with Crippen molar-refractivity contribution in [1.82, 2.24) is 9.55 Å². The van der Waals surface area contributed by atoms with Crippen molar-refractivity contribution < 1.29 is 4.74 Å². The van der Waals surface area contributed by atoms with Gasteiger partial charge in [-0.1, -0.05) is 12.8 Å². The number of hydrogen-bond donors (Lipinski definition) is 1. The summed E-state index contributed by atoms with van der Waals surface area (Å²) in [7, 11) is 0. The summed E-state index contributed by atoms with van der Waals surface area (Å²) in [6, 6.07) is 0.640. The van der Waals surface area contributed by atoms with Gasteiger partial charge in [-0.15, -0.1) is 0 Å². The zero-order valence-electron chi connectivity index (χ0n) is 10.8. The molecule has 2 heterocycles. The van der Waals surface area contributed by atoms with Crippen LogP contribution in [0.3, 0.4) is 0 Å². The lowest BCUT2D eigenvalue weighted by atomic mass is 10.2. The van der Waals surface area contributed by atoms with E-state index in [9.17, 15) is 0 Å². The van der Waals surface area contributed by atoms with Crippen LogP contribution in [0.15, 0.2) is 12.4 Å². The van der Waals surface area contributed by atoms with E-state index in [2.05, 4.69) is 20.6 Å². The third-order valence-corrected chi connectivity index (χ3v) is 4.05. The highest BCUT2D eigenvalue weighted by molar-refractivity contribution is 5.33.